The highest BCUT2D eigenvalue weighted by molar-refractivity contribution is 7.16. The maximum Gasteiger partial charge on any atom is 0.257 e. The summed E-state index contributed by atoms with van der Waals surface area (Å²) >= 11 is 3.04. The first-order valence-corrected chi connectivity index (χ1v) is 8.50. The van der Waals surface area contributed by atoms with E-state index in [9.17, 15) is 4.79 Å². The van der Waals surface area contributed by atoms with E-state index in [1.807, 2.05) is 50.4 Å². The number of carbonyl (C=O) groups is 1. The Bertz CT molecular complexity index is 818. The first-order valence-electron chi connectivity index (χ1n) is 6.81. The molecule has 2 aromatic heterocycles. The van der Waals surface area contributed by atoms with Gasteiger partial charge in [0, 0.05) is 10.9 Å². The Kier molecular flexibility index (Phi) is 4.04. The number of thiazole rings is 2. The minimum Gasteiger partial charge on any atom is -0.298 e. The van der Waals surface area contributed by atoms with Crippen molar-refractivity contribution in [2.45, 2.75) is 20.8 Å². The van der Waals surface area contributed by atoms with E-state index >= 15 is 0 Å². The summed E-state index contributed by atoms with van der Waals surface area (Å²) in [7, 11) is 0. The monoisotopic (exact) mass is 329 g/mol. The lowest BCUT2D eigenvalue weighted by molar-refractivity contribution is 0.102. The topological polar surface area (TPSA) is 54.9 Å². The lowest BCUT2D eigenvalue weighted by Crippen LogP contribution is -2.11. The standard InChI is InChI=1S/C16H15N3OS2/c1-9-4-6-12(7-5-9)15(20)19-16-18-13(8-21-16)14-10(2)17-11(3)22-14/h4-8H,1-3H3,(H,18,19,20). The maximum atomic E-state index is 12.2. The van der Waals surface area contributed by atoms with Gasteiger partial charge in [-0.15, -0.1) is 22.7 Å². The van der Waals surface area contributed by atoms with E-state index in [4.69, 9.17) is 0 Å². The molecule has 0 saturated heterocycles. The number of anilines is 1. The quantitative estimate of drug-likeness (QED) is 0.772. The molecule has 1 N–H and O–H groups in total. The number of rotatable bonds is 3. The average molecular weight is 329 g/mol. The van der Waals surface area contributed by atoms with Crippen LogP contribution in [-0.4, -0.2) is 15.9 Å². The molecule has 0 fully saturated rings. The highest BCUT2D eigenvalue weighted by atomic mass is 32.1. The van der Waals surface area contributed by atoms with Gasteiger partial charge in [0.1, 0.15) is 0 Å². The molecule has 0 radical (unpaired) electrons. The van der Waals surface area contributed by atoms with E-state index in [1.54, 1.807) is 11.3 Å². The van der Waals surface area contributed by atoms with E-state index in [-0.39, 0.29) is 5.91 Å². The zero-order valence-electron chi connectivity index (χ0n) is 12.5. The molecule has 0 aliphatic heterocycles. The van der Waals surface area contributed by atoms with E-state index in [2.05, 4.69) is 15.3 Å². The van der Waals surface area contributed by atoms with Gasteiger partial charge >= 0.3 is 0 Å². The third-order valence-electron chi connectivity index (χ3n) is 3.17. The SMILES string of the molecule is Cc1ccc(C(=O)Nc2nc(-c3sc(C)nc3C)cs2)cc1. The summed E-state index contributed by atoms with van der Waals surface area (Å²) < 4.78 is 0. The molecular weight excluding hydrogens is 314 g/mol. The lowest BCUT2D eigenvalue weighted by Gasteiger charge is -2.01. The minimum atomic E-state index is -0.141. The number of nitrogens with zero attached hydrogens (tertiary/aromatic N) is 2. The van der Waals surface area contributed by atoms with Gasteiger partial charge in [0.15, 0.2) is 5.13 Å². The number of aryl methyl sites for hydroxylation is 3. The number of aromatic nitrogens is 2. The van der Waals surface area contributed by atoms with Crippen molar-refractivity contribution in [2.75, 3.05) is 5.32 Å². The van der Waals surface area contributed by atoms with Gasteiger partial charge in [0.05, 0.1) is 21.3 Å². The molecule has 112 valence electrons. The van der Waals surface area contributed by atoms with E-state index in [0.717, 1.165) is 26.8 Å². The highest BCUT2D eigenvalue weighted by Gasteiger charge is 2.13. The molecule has 3 aromatic rings. The van der Waals surface area contributed by atoms with Crippen molar-refractivity contribution in [3.05, 3.63) is 51.5 Å². The van der Waals surface area contributed by atoms with Crippen LogP contribution in [0.4, 0.5) is 5.13 Å². The largest absolute Gasteiger partial charge is 0.298 e. The second-order valence-electron chi connectivity index (χ2n) is 5.01. The smallest absolute Gasteiger partial charge is 0.257 e. The molecule has 4 nitrogen and oxygen atoms in total. The molecule has 1 amide bonds. The van der Waals surface area contributed by atoms with Crippen molar-refractivity contribution in [1.82, 2.24) is 9.97 Å². The average Bonchev–Trinajstić information content (AvgIpc) is 3.06. The molecule has 0 unspecified atom stereocenters. The molecule has 6 heteroatoms. The van der Waals surface area contributed by atoms with Crippen molar-refractivity contribution in [1.29, 1.82) is 0 Å². The second-order valence-corrected chi connectivity index (χ2v) is 7.07. The molecule has 1 aromatic carbocycles. The Balaban J connectivity index is 1.78. The number of benzene rings is 1. The maximum absolute atomic E-state index is 12.2. The minimum absolute atomic E-state index is 0.141. The van der Waals surface area contributed by atoms with Gasteiger partial charge < -0.3 is 0 Å². The van der Waals surface area contributed by atoms with Crippen LogP contribution < -0.4 is 5.32 Å². The molecule has 22 heavy (non-hydrogen) atoms. The number of hydrogen-bond acceptors (Lipinski definition) is 5. The van der Waals surface area contributed by atoms with E-state index < -0.39 is 0 Å². The van der Waals surface area contributed by atoms with Gasteiger partial charge in [-0.3, -0.25) is 10.1 Å². The molecule has 3 rings (SSSR count). The Morgan fingerprint density at radius 3 is 2.45 bits per heavy atom. The zero-order valence-corrected chi connectivity index (χ0v) is 14.1. The fourth-order valence-electron chi connectivity index (χ4n) is 2.08. The van der Waals surface area contributed by atoms with Gasteiger partial charge in [0.2, 0.25) is 0 Å². The Morgan fingerprint density at radius 1 is 1.09 bits per heavy atom. The van der Waals surface area contributed by atoms with Crippen LogP contribution in [0.25, 0.3) is 10.6 Å². The van der Waals surface area contributed by atoms with Crippen molar-refractivity contribution in [2.24, 2.45) is 0 Å². The fourth-order valence-corrected chi connectivity index (χ4v) is 3.73. The Hall–Kier alpha value is -2.05. The third kappa shape index (κ3) is 3.08. The summed E-state index contributed by atoms with van der Waals surface area (Å²) in [5.74, 6) is -0.141. The first kappa shape index (κ1) is 14.9. The van der Waals surface area contributed by atoms with Crippen LogP contribution in [-0.2, 0) is 0 Å². The Labute approximate surface area is 136 Å². The molecule has 0 saturated carbocycles. The van der Waals surface area contributed by atoms with Crippen LogP contribution in [0.5, 0.6) is 0 Å². The molecular formula is C16H15N3OS2. The van der Waals surface area contributed by atoms with E-state index in [1.165, 1.54) is 11.3 Å². The second kappa shape index (κ2) is 5.98. The third-order valence-corrected chi connectivity index (χ3v) is 5.03. The van der Waals surface area contributed by atoms with Crippen LogP contribution in [0.2, 0.25) is 0 Å². The van der Waals surface area contributed by atoms with Crippen LogP contribution in [0.1, 0.15) is 26.6 Å². The van der Waals surface area contributed by atoms with Crippen LogP contribution in [0.15, 0.2) is 29.6 Å². The number of nitrogens with one attached hydrogen (secondary N) is 1. The van der Waals surface area contributed by atoms with E-state index in [0.29, 0.717) is 10.7 Å². The van der Waals surface area contributed by atoms with Crippen molar-refractivity contribution < 1.29 is 4.79 Å². The molecule has 0 spiro atoms. The lowest BCUT2D eigenvalue weighted by atomic mass is 10.1. The zero-order chi connectivity index (χ0) is 15.7. The molecule has 0 aliphatic carbocycles. The normalized spacial score (nSPS) is 10.7. The van der Waals surface area contributed by atoms with Crippen LogP contribution in [0.3, 0.4) is 0 Å². The van der Waals surface area contributed by atoms with Crippen LogP contribution in [0, 0.1) is 20.8 Å². The van der Waals surface area contributed by atoms with Crippen molar-refractivity contribution in [3.8, 4) is 10.6 Å². The fraction of sp³-hybridized carbons (Fsp3) is 0.188. The molecule has 0 aliphatic rings. The van der Waals surface area contributed by atoms with Gasteiger partial charge in [0.25, 0.3) is 5.91 Å². The first-order chi connectivity index (χ1) is 10.5. The molecule has 0 atom stereocenters. The van der Waals surface area contributed by atoms with Gasteiger partial charge in [-0.1, -0.05) is 17.7 Å². The number of carbonyl (C=O) groups excluding carboxylic acids is 1. The van der Waals surface area contributed by atoms with Crippen LogP contribution >= 0.6 is 22.7 Å². The number of hydrogen-bond donors (Lipinski definition) is 1. The summed E-state index contributed by atoms with van der Waals surface area (Å²) in [5.41, 5.74) is 3.60. The Morgan fingerprint density at radius 2 is 1.82 bits per heavy atom. The van der Waals surface area contributed by atoms with Crippen molar-refractivity contribution >= 4 is 33.7 Å². The molecule has 0 bridgehead atoms. The predicted molar refractivity (Wildman–Crippen MR) is 91.8 cm³/mol. The summed E-state index contributed by atoms with van der Waals surface area (Å²) in [5, 5.41) is 6.42. The molecule has 2 heterocycles. The van der Waals surface area contributed by atoms with Gasteiger partial charge in [-0.05, 0) is 32.9 Å². The summed E-state index contributed by atoms with van der Waals surface area (Å²) in [6, 6.07) is 7.48. The van der Waals surface area contributed by atoms with Crippen molar-refractivity contribution in [3.63, 3.8) is 0 Å². The summed E-state index contributed by atoms with van der Waals surface area (Å²) in [6.45, 7) is 5.95. The highest BCUT2D eigenvalue weighted by Crippen LogP contribution is 2.32. The van der Waals surface area contributed by atoms with Gasteiger partial charge in [-0.2, -0.15) is 0 Å². The summed E-state index contributed by atoms with van der Waals surface area (Å²) in [6.07, 6.45) is 0. The van der Waals surface area contributed by atoms with Gasteiger partial charge in [-0.25, -0.2) is 9.97 Å². The summed E-state index contributed by atoms with van der Waals surface area (Å²) in [4.78, 5) is 22.2. The number of amides is 1. The predicted octanol–water partition coefficient (Wildman–Crippen LogP) is 4.44.